The molecule has 4 heteroatoms. The number of hydrogen-bond donors (Lipinski definition) is 1. The van der Waals surface area contributed by atoms with Crippen molar-refractivity contribution in [2.75, 3.05) is 12.4 Å². The molecule has 1 amide bonds. The standard InChI is InChI=1S/C18H21ClN2O/c1-13-7-4-5-8-15(13)12-21(3)14(2)18(22)20-17-10-6-9-16(19)11-17/h4-11,14H,12H2,1-3H3,(H,20,22)/t14-/m1/s1. The lowest BCUT2D eigenvalue weighted by Gasteiger charge is -2.24. The van der Waals surface area contributed by atoms with Crippen LogP contribution in [0.4, 0.5) is 5.69 Å². The first kappa shape index (κ1) is 16.5. The molecule has 0 radical (unpaired) electrons. The van der Waals surface area contributed by atoms with E-state index in [9.17, 15) is 4.79 Å². The quantitative estimate of drug-likeness (QED) is 0.900. The predicted molar refractivity (Wildman–Crippen MR) is 92.2 cm³/mol. The molecular formula is C18H21ClN2O. The summed E-state index contributed by atoms with van der Waals surface area (Å²) in [6.45, 7) is 4.72. The number of nitrogens with one attached hydrogen (secondary N) is 1. The third kappa shape index (κ3) is 4.33. The molecule has 0 aliphatic rings. The monoisotopic (exact) mass is 316 g/mol. The number of benzene rings is 2. The van der Waals surface area contributed by atoms with Gasteiger partial charge in [0, 0.05) is 17.3 Å². The van der Waals surface area contributed by atoms with Crippen LogP contribution in [0, 0.1) is 6.92 Å². The smallest absolute Gasteiger partial charge is 0.241 e. The molecule has 0 aliphatic carbocycles. The fraction of sp³-hybridized carbons (Fsp3) is 0.278. The molecule has 0 aromatic heterocycles. The second kappa shape index (κ2) is 7.43. The summed E-state index contributed by atoms with van der Waals surface area (Å²) in [7, 11) is 1.95. The Labute approximate surface area is 136 Å². The Morgan fingerprint density at radius 3 is 2.64 bits per heavy atom. The van der Waals surface area contributed by atoms with Crippen molar-refractivity contribution in [2.24, 2.45) is 0 Å². The van der Waals surface area contributed by atoms with E-state index >= 15 is 0 Å². The van der Waals surface area contributed by atoms with Gasteiger partial charge in [0.15, 0.2) is 0 Å². The maximum Gasteiger partial charge on any atom is 0.241 e. The highest BCUT2D eigenvalue weighted by Crippen LogP contribution is 2.16. The number of halogens is 1. The van der Waals surface area contributed by atoms with E-state index in [1.165, 1.54) is 11.1 Å². The van der Waals surface area contributed by atoms with Gasteiger partial charge < -0.3 is 5.32 Å². The minimum Gasteiger partial charge on any atom is -0.325 e. The minimum atomic E-state index is -0.237. The average Bonchev–Trinajstić information content (AvgIpc) is 2.48. The third-order valence-electron chi connectivity index (χ3n) is 3.81. The number of hydrogen-bond acceptors (Lipinski definition) is 2. The molecule has 116 valence electrons. The maximum atomic E-state index is 12.3. The first-order valence-corrected chi connectivity index (χ1v) is 7.66. The van der Waals surface area contributed by atoms with E-state index in [1.54, 1.807) is 12.1 Å². The Hall–Kier alpha value is -1.84. The van der Waals surface area contributed by atoms with E-state index in [0.29, 0.717) is 10.7 Å². The first-order valence-electron chi connectivity index (χ1n) is 7.28. The fourth-order valence-electron chi connectivity index (χ4n) is 2.21. The molecule has 0 bridgehead atoms. The number of nitrogens with zero attached hydrogens (tertiary/aromatic N) is 1. The molecule has 0 saturated heterocycles. The van der Waals surface area contributed by atoms with Crippen molar-refractivity contribution < 1.29 is 4.79 Å². The molecule has 2 rings (SSSR count). The van der Waals surface area contributed by atoms with Crippen molar-refractivity contribution in [3.8, 4) is 0 Å². The van der Waals surface area contributed by atoms with Gasteiger partial charge in [-0.15, -0.1) is 0 Å². The summed E-state index contributed by atoms with van der Waals surface area (Å²) >= 11 is 5.93. The van der Waals surface area contributed by atoms with Gasteiger partial charge in [-0.05, 0) is 50.2 Å². The zero-order valence-electron chi connectivity index (χ0n) is 13.1. The number of rotatable bonds is 5. The van der Waals surface area contributed by atoms with E-state index in [1.807, 2.05) is 43.1 Å². The van der Waals surface area contributed by atoms with Crippen LogP contribution >= 0.6 is 11.6 Å². The lowest BCUT2D eigenvalue weighted by molar-refractivity contribution is -0.120. The summed E-state index contributed by atoms with van der Waals surface area (Å²) in [6, 6.07) is 15.2. The van der Waals surface area contributed by atoms with Crippen LogP contribution in [0.15, 0.2) is 48.5 Å². The predicted octanol–water partition coefficient (Wildman–Crippen LogP) is 4.11. The molecule has 2 aromatic rings. The summed E-state index contributed by atoms with van der Waals surface area (Å²) in [5.74, 6) is -0.0432. The van der Waals surface area contributed by atoms with Crippen LogP contribution < -0.4 is 5.32 Å². The second-order valence-electron chi connectivity index (χ2n) is 5.52. The Balaban J connectivity index is 1.99. The molecule has 22 heavy (non-hydrogen) atoms. The Bertz CT molecular complexity index is 657. The van der Waals surface area contributed by atoms with E-state index in [-0.39, 0.29) is 11.9 Å². The van der Waals surface area contributed by atoms with Crippen LogP contribution in [0.25, 0.3) is 0 Å². The molecule has 0 fully saturated rings. The summed E-state index contributed by atoms with van der Waals surface area (Å²) in [5, 5.41) is 3.51. The zero-order chi connectivity index (χ0) is 16.1. The topological polar surface area (TPSA) is 32.3 Å². The van der Waals surface area contributed by atoms with Gasteiger partial charge in [0.2, 0.25) is 5.91 Å². The van der Waals surface area contributed by atoms with Gasteiger partial charge in [0.05, 0.1) is 6.04 Å². The normalized spacial score (nSPS) is 12.2. The summed E-state index contributed by atoms with van der Waals surface area (Å²) in [4.78, 5) is 14.4. The van der Waals surface area contributed by atoms with Crippen LogP contribution in [0.3, 0.4) is 0 Å². The number of anilines is 1. The average molecular weight is 317 g/mol. The Kier molecular flexibility index (Phi) is 5.58. The van der Waals surface area contributed by atoms with E-state index in [2.05, 4.69) is 24.4 Å². The largest absolute Gasteiger partial charge is 0.325 e. The van der Waals surface area contributed by atoms with Crippen LogP contribution in [-0.4, -0.2) is 23.9 Å². The molecule has 1 N–H and O–H groups in total. The maximum absolute atomic E-state index is 12.3. The highest BCUT2D eigenvalue weighted by atomic mass is 35.5. The van der Waals surface area contributed by atoms with Crippen LogP contribution in [0.1, 0.15) is 18.1 Å². The highest BCUT2D eigenvalue weighted by Gasteiger charge is 2.18. The van der Waals surface area contributed by atoms with Gasteiger partial charge in [-0.2, -0.15) is 0 Å². The van der Waals surface area contributed by atoms with Gasteiger partial charge in [-0.3, -0.25) is 9.69 Å². The molecule has 2 aromatic carbocycles. The van der Waals surface area contributed by atoms with Gasteiger partial charge >= 0.3 is 0 Å². The van der Waals surface area contributed by atoms with E-state index in [0.717, 1.165) is 6.54 Å². The van der Waals surface area contributed by atoms with Crippen molar-refractivity contribution >= 4 is 23.2 Å². The number of amides is 1. The van der Waals surface area contributed by atoms with Crippen molar-refractivity contribution in [2.45, 2.75) is 26.4 Å². The van der Waals surface area contributed by atoms with Gasteiger partial charge in [0.1, 0.15) is 0 Å². The van der Waals surface area contributed by atoms with Gasteiger partial charge in [-0.1, -0.05) is 41.9 Å². The molecule has 3 nitrogen and oxygen atoms in total. The Morgan fingerprint density at radius 2 is 1.95 bits per heavy atom. The summed E-state index contributed by atoms with van der Waals surface area (Å²) < 4.78 is 0. The lowest BCUT2D eigenvalue weighted by Crippen LogP contribution is -2.39. The van der Waals surface area contributed by atoms with Crippen molar-refractivity contribution in [1.29, 1.82) is 0 Å². The van der Waals surface area contributed by atoms with Crippen LogP contribution in [0.2, 0.25) is 5.02 Å². The van der Waals surface area contributed by atoms with E-state index < -0.39 is 0 Å². The molecule has 1 atom stereocenters. The third-order valence-corrected chi connectivity index (χ3v) is 4.05. The molecule has 0 unspecified atom stereocenters. The number of likely N-dealkylation sites (N-methyl/N-ethyl adjacent to an activating group) is 1. The lowest BCUT2D eigenvalue weighted by atomic mass is 10.1. The van der Waals surface area contributed by atoms with Crippen molar-refractivity contribution in [3.63, 3.8) is 0 Å². The number of carbonyl (C=O) groups excluding carboxylic acids is 1. The van der Waals surface area contributed by atoms with E-state index in [4.69, 9.17) is 11.6 Å². The molecule has 0 spiro atoms. The SMILES string of the molecule is Cc1ccccc1CN(C)[C@H](C)C(=O)Nc1cccc(Cl)c1. The molecule has 0 aliphatic heterocycles. The number of carbonyl (C=O) groups is 1. The number of aryl methyl sites for hydroxylation is 1. The summed E-state index contributed by atoms with van der Waals surface area (Å²) in [6.07, 6.45) is 0. The van der Waals surface area contributed by atoms with Crippen molar-refractivity contribution in [1.82, 2.24) is 4.90 Å². The van der Waals surface area contributed by atoms with Gasteiger partial charge in [0.25, 0.3) is 0 Å². The Morgan fingerprint density at radius 1 is 1.23 bits per heavy atom. The fourth-order valence-corrected chi connectivity index (χ4v) is 2.40. The summed E-state index contributed by atoms with van der Waals surface area (Å²) in [5.41, 5.74) is 3.18. The first-order chi connectivity index (χ1) is 10.5. The minimum absolute atomic E-state index is 0.0432. The zero-order valence-corrected chi connectivity index (χ0v) is 13.9. The van der Waals surface area contributed by atoms with Crippen LogP contribution in [0.5, 0.6) is 0 Å². The molecule has 0 heterocycles. The highest BCUT2D eigenvalue weighted by molar-refractivity contribution is 6.30. The van der Waals surface area contributed by atoms with Crippen LogP contribution in [-0.2, 0) is 11.3 Å². The van der Waals surface area contributed by atoms with Gasteiger partial charge in [-0.25, -0.2) is 0 Å². The molecular weight excluding hydrogens is 296 g/mol. The van der Waals surface area contributed by atoms with Crippen molar-refractivity contribution in [3.05, 3.63) is 64.7 Å². The second-order valence-corrected chi connectivity index (χ2v) is 5.95. The molecule has 0 saturated carbocycles.